The van der Waals surface area contributed by atoms with Crippen molar-refractivity contribution >= 4 is 6.03 Å². The summed E-state index contributed by atoms with van der Waals surface area (Å²) in [5, 5.41) is 8.99. The molecular formula is C10H21N3O. The van der Waals surface area contributed by atoms with E-state index in [-0.39, 0.29) is 6.03 Å². The summed E-state index contributed by atoms with van der Waals surface area (Å²) < 4.78 is 0. The van der Waals surface area contributed by atoms with Crippen LogP contribution in [0.2, 0.25) is 0 Å². The minimum absolute atomic E-state index is 0.0433. The van der Waals surface area contributed by atoms with E-state index in [4.69, 9.17) is 0 Å². The molecule has 1 fully saturated rings. The van der Waals surface area contributed by atoms with Crippen LogP contribution in [0.1, 0.15) is 20.3 Å². The van der Waals surface area contributed by atoms with E-state index in [1.54, 1.807) is 0 Å². The molecule has 2 unspecified atom stereocenters. The molecule has 0 aliphatic carbocycles. The van der Waals surface area contributed by atoms with Crippen molar-refractivity contribution in [3.8, 4) is 0 Å². The van der Waals surface area contributed by atoms with Gasteiger partial charge in [-0.1, -0.05) is 6.92 Å². The lowest BCUT2D eigenvalue weighted by atomic mass is 9.88. The topological polar surface area (TPSA) is 53.2 Å². The van der Waals surface area contributed by atoms with Crippen LogP contribution in [0.15, 0.2) is 0 Å². The van der Waals surface area contributed by atoms with E-state index < -0.39 is 0 Å². The molecule has 2 amide bonds. The lowest BCUT2D eigenvalue weighted by Gasteiger charge is -2.29. The molecule has 1 saturated heterocycles. The van der Waals surface area contributed by atoms with Crippen LogP contribution in [0.25, 0.3) is 0 Å². The Hall–Kier alpha value is -0.770. The third-order valence-corrected chi connectivity index (χ3v) is 2.83. The Morgan fingerprint density at radius 3 is 2.93 bits per heavy atom. The number of urea groups is 1. The van der Waals surface area contributed by atoms with Crippen LogP contribution in [-0.4, -0.2) is 32.2 Å². The molecule has 0 aromatic carbocycles. The average molecular weight is 199 g/mol. The number of piperidine rings is 1. The van der Waals surface area contributed by atoms with Gasteiger partial charge in [-0.2, -0.15) is 0 Å². The van der Waals surface area contributed by atoms with Crippen molar-refractivity contribution in [1.29, 1.82) is 0 Å². The second-order valence-corrected chi connectivity index (χ2v) is 3.97. The normalized spacial score (nSPS) is 27.0. The van der Waals surface area contributed by atoms with Crippen molar-refractivity contribution in [2.24, 2.45) is 11.8 Å². The highest BCUT2D eigenvalue weighted by molar-refractivity contribution is 5.73. The molecule has 0 saturated carbocycles. The molecule has 1 rings (SSSR count). The standard InChI is InChI=1S/C10H21N3O/c1-3-12-10(14)13-7-9-4-5-11-6-8(9)2/h8-9,11H,3-7H2,1-2H3,(H2,12,13,14). The Kier molecular flexibility index (Phi) is 4.73. The summed E-state index contributed by atoms with van der Waals surface area (Å²) in [4.78, 5) is 11.2. The first kappa shape index (κ1) is 11.3. The van der Waals surface area contributed by atoms with E-state index in [0.717, 1.165) is 26.1 Å². The molecule has 14 heavy (non-hydrogen) atoms. The van der Waals surface area contributed by atoms with Gasteiger partial charge in [-0.25, -0.2) is 4.79 Å². The fourth-order valence-corrected chi connectivity index (χ4v) is 1.82. The first-order chi connectivity index (χ1) is 6.74. The second kappa shape index (κ2) is 5.86. The number of amides is 2. The largest absolute Gasteiger partial charge is 0.338 e. The van der Waals surface area contributed by atoms with Gasteiger partial charge in [-0.3, -0.25) is 0 Å². The zero-order valence-electron chi connectivity index (χ0n) is 9.10. The molecular weight excluding hydrogens is 178 g/mol. The molecule has 4 heteroatoms. The first-order valence-electron chi connectivity index (χ1n) is 5.46. The van der Waals surface area contributed by atoms with Gasteiger partial charge in [0.25, 0.3) is 0 Å². The third-order valence-electron chi connectivity index (χ3n) is 2.83. The van der Waals surface area contributed by atoms with Crippen molar-refractivity contribution in [3.05, 3.63) is 0 Å². The summed E-state index contributed by atoms with van der Waals surface area (Å²) in [6, 6.07) is -0.0433. The Morgan fingerprint density at radius 1 is 1.50 bits per heavy atom. The van der Waals surface area contributed by atoms with Gasteiger partial charge < -0.3 is 16.0 Å². The molecule has 2 atom stereocenters. The lowest BCUT2D eigenvalue weighted by molar-refractivity contribution is 0.228. The van der Waals surface area contributed by atoms with E-state index in [1.807, 2.05) is 6.92 Å². The van der Waals surface area contributed by atoms with Gasteiger partial charge in [0.05, 0.1) is 0 Å². The molecule has 0 radical (unpaired) electrons. The number of hydrogen-bond donors (Lipinski definition) is 3. The summed E-state index contributed by atoms with van der Waals surface area (Å²) >= 11 is 0. The SMILES string of the molecule is CCNC(=O)NCC1CCNCC1C. The van der Waals surface area contributed by atoms with Crippen molar-refractivity contribution in [1.82, 2.24) is 16.0 Å². The Balaban J connectivity index is 2.19. The van der Waals surface area contributed by atoms with E-state index in [9.17, 15) is 4.79 Å². The maximum absolute atomic E-state index is 11.2. The molecule has 3 N–H and O–H groups in total. The van der Waals surface area contributed by atoms with Crippen LogP contribution >= 0.6 is 0 Å². The summed E-state index contributed by atoms with van der Waals surface area (Å²) in [7, 11) is 0. The fourth-order valence-electron chi connectivity index (χ4n) is 1.82. The van der Waals surface area contributed by atoms with Crippen molar-refractivity contribution < 1.29 is 4.79 Å². The lowest BCUT2D eigenvalue weighted by Crippen LogP contribution is -2.43. The van der Waals surface area contributed by atoms with Crippen LogP contribution in [0.5, 0.6) is 0 Å². The zero-order chi connectivity index (χ0) is 10.4. The quantitative estimate of drug-likeness (QED) is 0.622. The van der Waals surface area contributed by atoms with Crippen LogP contribution < -0.4 is 16.0 Å². The highest BCUT2D eigenvalue weighted by atomic mass is 16.2. The van der Waals surface area contributed by atoms with Gasteiger partial charge in [0.2, 0.25) is 0 Å². The maximum Gasteiger partial charge on any atom is 0.314 e. The van der Waals surface area contributed by atoms with Gasteiger partial charge in [0.15, 0.2) is 0 Å². The van der Waals surface area contributed by atoms with E-state index in [0.29, 0.717) is 18.4 Å². The Labute approximate surface area is 85.8 Å². The molecule has 82 valence electrons. The van der Waals surface area contributed by atoms with Gasteiger partial charge in [0, 0.05) is 13.1 Å². The van der Waals surface area contributed by atoms with Crippen LogP contribution in [-0.2, 0) is 0 Å². The zero-order valence-corrected chi connectivity index (χ0v) is 9.10. The number of rotatable bonds is 3. The molecule has 4 nitrogen and oxygen atoms in total. The van der Waals surface area contributed by atoms with E-state index >= 15 is 0 Å². The summed E-state index contributed by atoms with van der Waals surface area (Å²) in [6.07, 6.45) is 1.16. The van der Waals surface area contributed by atoms with Crippen LogP contribution in [0.4, 0.5) is 4.79 Å². The second-order valence-electron chi connectivity index (χ2n) is 3.97. The average Bonchev–Trinajstić information content (AvgIpc) is 2.17. The molecule has 1 aliphatic heterocycles. The summed E-state index contributed by atoms with van der Waals surface area (Å²) in [5.74, 6) is 1.28. The minimum atomic E-state index is -0.0433. The fraction of sp³-hybridized carbons (Fsp3) is 0.900. The van der Waals surface area contributed by atoms with Crippen LogP contribution in [0, 0.1) is 11.8 Å². The van der Waals surface area contributed by atoms with Gasteiger partial charge >= 0.3 is 6.03 Å². The van der Waals surface area contributed by atoms with Crippen molar-refractivity contribution in [2.75, 3.05) is 26.2 Å². The molecule has 0 aromatic heterocycles. The molecule has 1 aliphatic rings. The predicted molar refractivity (Wildman–Crippen MR) is 57.2 cm³/mol. The van der Waals surface area contributed by atoms with E-state index in [2.05, 4.69) is 22.9 Å². The molecule has 1 heterocycles. The summed E-state index contributed by atoms with van der Waals surface area (Å²) in [5.41, 5.74) is 0. The minimum Gasteiger partial charge on any atom is -0.338 e. The Morgan fingerprint density at radius 2 is 2.29 bits per heavy atom. The van der Waals surface area contributed by atoms with Crippen molar-refractivity contribution in [2.45, 2.75) is 20.3 Å². The van der Waals surface area contributed by atoms with Gasteiger partial charge in [-0.05, 0) is 38.3 Å². The third kappa shape index (κ3) is 3.54. The number of carbonyl (C=O) groups is 1. The number of hydrogen-bond acceptors (Lipinski definition) is 2. The van der Waals surface area contributed by atoms with Gasteiger partial charge in [0.1, 0.15) is 0 Å². The number of carbonyl (C=O) groups excluding carboxylic acids is 1. The summed E-state index contributed by atoms with van der Waals surface area (Å²) in [6.45, 7) is 7.79. The molecule has 0 spiro atoms. The van der Waals surface area contributed by atoms with Crippen molar-refractivity contribution in [3.63, 3.8) is 0 Å². The van der Waals surface area contributed by atoms with E-state index in [1.165, 1.54) is 0 Å². The Bertz CT molecular complexity index is 184. The maximum atomic E-state index is 11.2. The predicted octanol–water partition coefficient (Wildman–Crippen LogP) is 0.551. The molecule has 0 bridgehead atoms. The number of nitrogens with one attached hydrogen (secondary N) is 3. The first-order valence-corrected chi connectivity index (χ1v) is 5.46. The smallest absolute Gasteiger partial charge is 0.314 e. The highest BCUT2D eigenvalue weighted by Crippen LogP contribution is 2.17. The highest BCUT2D eigenvalue weighted by Gasteiger charge is 2.20. The van der Waals surface area contributed by atoms with Gasteiger partial charge in [-0.15, -0.1) is 0 Å². The monoisotopic (exact) mass is 199 g/mol. The molecule has 0 aromatic rings. The van der Waals surface area contributed by atoms with Crippen LogP contribution in [0.3, 0.4) is 0 Å².